The van der Waals surface area contributed by atoms with Crippen molar-refractivity contribution in [1.29, 1.82) is 0 Å². The van der Waals surface area contributed by atoms with Gasteiger partial charge in [-0.15, -0.1) is 0 Å². The van der Waals surface area contributed by atoms with Gasteiger partial charge in [0.2, 0.25) is 5.91 Å². The molecule has 1 amide bonds. The first-order chi connectivity index (χ1) is 8.20. The van der Waals surface area contributed by atoms with Crippen LogP contribution in [0.15, 0.2) is 0 Å². The van der Waals surface area contributed by atoms with Crippen molar-refractivity contribution in [2.75, 3.05) is 37.7 Å². The third-order valence-electron chi connectivity index (χ3n) is 2.53. The van der Waals surface area contributed by atoms with Crippen LogP contribution in [-0.2, 0) is 14.3 Å². The third kappa shape index (κ3) is 4.20. The summed E-state index contributed by atoms with van der Waals surface area (Å²) in [5.41, 5.74) is 0. The second-order valence-corrected chi connectivity index (χ2v) is 4.86. The molecular weight excluding hydrogens is 240 g/mol. The van der Waals surface area contributed by atoms with Gasteiger partial charge < -0.3 is 15.0 Å². The van der Waals surface area contributed by atoms with E-state index in [1.54, 1.807) is 23.6 Å². The van der Waals surface area contributed by atoms with Gasteiger partial charge in [0.05, 0.1) is 13.2 Å². The van der Waals surface area contributed by atoms with E-state index in [-0.39, 0.29) is 18.4 Å². The van der Waals surface area contributed by atoms with Crippen LogP contribution in [0.5, 0.6) is 0 Å². The molecule has 1 N–H and O–H groups in total. The molecule has 0 aromatic rings. The van der Waals surface area contributed by atoms with Gasteiger partial charge in [-0.2, -0.15) is 11.8 Å². The summed E-state index contributed by atoms with van der Waals surface area (Å²) in [6.45, 7) is 5.74. The van der Waals surface area contributed by atoms with Crippen molar-refractivity contribution in [1.82, 2.24) is 10.2 Å². The van der Waals surface area contributed by atoms with Crippen LogP contribution in [0, 0.1) is 0 Å². The van der Waals surface area contributed by atoms with Gasteiger partial charge in [0.1, 0.15) is 6.04 Å². The standard InChI is InChI=1S/C11H20N2O3S/c1-3-12-7-10(14)13-5-6-17-8-9(13)11(15)16-4-2/h9,12H,3-8H2,1-2H3. The van der Waals surface area contributed by atoms with Crippen molar-refractivity contribution in [3.05, 3.63) is 0 Å². The number of hydrogen-bond donors (Lipinski definition) is 1. The second kappa shape index (κ2) is 7.55. The SMILES string of the molecule is CCNCC(=O)N1CCSCC1C(=O)OCC. The molecule has 0 bridgehead atoms. The normalized spacial score (nSPS) is 20.1. The first-order valence-electron chi connectivity index (χ1n) is 5.95. The highest BCUT2D eigenvalue weighted by molar-refractivity contribution is 7.99. The van der Waals surface area contributed by atoms with E-state index in [2.05, 4.69) is 5.32 Å². The van der Waals surface area contributed by atoms with Crippen LogP contribution in [0.4, 0.5) is 0 Å². The van der Waals surface area contributed by atoms with Gasteiger partial charge in [-0.05, 0) is 13.5 Å². The molecule has 98 valence electrons. The van der Waals surface area contributed by atoms with Crippen molar-refractivity contribution >= 4 is 23.6 Å². The van der Waals surface area contributed by atoms with Crippen molar-refractivity contribution in [2.45, 2.75) is 19.9 Å². The molecule has 1 fully saturated rings. The monoisotopic (exact) mass is 260 g/mol. The summed E-state index contributed by atoms with van der Waals surface area (Å²) >= 11 is 1.69. The molecule has 0 radical (unpaired) electrons. The molecule has 0 aliphatic carbocycles. The Kier molecular flexibility index (Phi) is 6.36. The summed E-state index contributed by atoms with van der Waals surface area (Å²) in [5.74, 6) is 1.21. The predicted molar refractivity (Wildman–Crippen MR) is 68.0 cm³/mol. The lowest BCUT2D eigenvalue weighted by Gasteiger charge is -2.33. The number of esters is 1. The third-order valence-corrected chi connectivity index (χ3v) is 3.56. The smallest absolute Gasteiger partial charge is 0.329 e. The number of likely N-dealkylation sites (N-methyl/N-ethyl adjacent to an activating group) is 1. The molecule has 1 atom stereocenters. The number of nitrogens with one attached hydrogen (secondary N) is 1. The molecule has 1 unspecified atom stereocenters. The van der Waals surface area contributed by atoms with Gasteiger partial charge in [0, 0.05) is 18.1 Å². The fraction of sp³-hybridized carbons (Fsp3) is 0.818. The topological polar surface area (TPSA) is 58.6 Å². The Morgan fingerprint density at radius 2 is 2.24 bits per heavy atom. The minimum atomic E-state index is -0.417. The fourth-order valence-corrected chi connectivity index (χ4v) is 2.70. The van der Waals surface area contributed by atoms with Crippen molar-refractivity contribution in [3.8, 4) is 0 Å². The summed E-state index contributed by atoms with van der Waals surface area (Å²) in [6.07, 6.45) is 0. The number of thioether (sulfide) groups is 1. The van der Waals surface area contributed by atoms with E-state index in [9.17, 15) is 9.59 Å². The van der Waals surface area contributed by atoms with Gasteiger partial charge in [-0.25, -0.2) is 4.79 Å². The van der Waals surface area contributed by atoms with E-state index < -0.39 is 6.04 Å². The molecule has 1 aliphatic heterocycles. The quantitative estimate of drug-likeness (QED) is 0.711. The van der Waals surface area contributed by atoms with Crippen molar-refractivity contribution < 1.29 is 14.3 Å². The van der Waals surface area contributed by atoms with E-state index in [0.717, 1.165) is 12.3 Å². The van der Waals surface area contributed by atoms with Crippen molar-refractivity contribution in [3.63, 3.8) is 0 Å². The van der Waals surface area contributed by atoms with Crippen LogP contribution in [0.1, 0.15) is 13.8 Å². The lowest BCUT2D eigenvalue weighted by Crippen LogP contribution is -2.53. The van der Waals surface area contributed by atoms with E-state index in [1.807, 2.05) is 6.92 Å². The maximum absolute atomic E-state index is 11.9. The molecule has 17 heavy (non-hydrogen) atoms. The molecular formula is C11H20N2O3S. The first-order valence-corrected chi connectivity index (χ1v) is 7.10. The predicted octanol–water partition coefficient (Wildman–Crippen LogP) is 0.103. The summed E-state index contributed by atoms with van der Waals surface area (Å²) in [6, 6.07) is -0.417. The number of amides is 1. The molecule has 0 spiro atoms. The van der Waals surface area contributed by atoms with Crippen LogP contribution in [-0.4, -0.2) is 60.6 Å². The molecule has 1 saturated heterocycles. The average Bonchev–Trinajstić information content (AvgIpc) is 2.36. The Morgan fingerprint density at radius 1 is 1.47 bits per heavy atom. The molecule has 1 aliphatic rings. The largest absolute Gasteiger partial charge is 0.464 e. The molecule has 1 heterocycles. The summed E-state index contributed by atoms with van der Waals surface area (Å²) in [5, 5.41) is 2.99. The van der Waals surface area contributed by atoms with E-state index in [4.69, 9.17) is 4.74 Å². The van der Waals surface area contributed by atoms with Crippen LogP contribution in [0.3, 0.4) is 0 Å². The molecule has 1 rings (SSSR count). The minimum Gasteiger partial charge on any atom is -0.464 e. The lowest BCUT2D eigenvalue weighted by atomic mass is 10.2. The number of rotatable bonds is 5. The maximum atomic E-state index is 11.9. The van der Waals surface area contributed by atoms with Gasteiger partial charge in [0.25, 0.3) is 0 Å². The fourth-order valence-electron chi connectivity index (χ4n) is 1.67. The van der Waals surface area contributed by atoms with Gasteiger partial charge >= 0.3 is 5.97 Å². The van der Waals surface area contributed by atoms with E-state index >= 15 is 0 Å². The number of carbonyl (C=O) groups is 2. The Bertz CT molecular complexity index is 273. The molecule has 6 heteroatoms. The Hall–Kier alpha value is -0.750. The second-order valence-electron chi connectivity index (χ2n) is 3.71. The van der Waals surface area contributed by atoms with Crippen LogP contribution >= 0.6 is 11.8 Å². The summed E-state index contributed by atoms with van der Waals surface area (Å²) in [7, 11) is 0. The molecule has 0 aromatic heterocycles. The van der Waals surface area contributed by atoms with Crippen LogP contribution < -0.4 is 5.32 Å². The Labute approximate surface area is 106 Å². The zero-order valence-electron chi connectivity index (χ0n) is 10.4. The van der Waals surface area contributed by atoms with Gasteiger partial charge in [-0.3, -0.25) is 4.79 Å². The van der Waals surface area contributed by atoms with Crippen LogP contribution in [0.25, 0.3) is 0 Å². The highest BCUT2D eigenvalue weighted by Gasteiger charge is 2.33. The van der Waals surface area contributed by atoms with E-state index in [0.29, 0.717) is 18.9 Å². The van der Waals surface area contributed by atoms with Gasteiger partial charge in [0.15, 0.2) is 0 Å². The maximum Gasteiger partial charge on any atom is 0.329 e. The number of nitrogens with zero attached hydrogens (tertiary/aromatic N) is 1. The Morgan fingerprint density at radius 3 is 2.88 bits per heavy atom. The Balaban J connectivity index is 2.58. The molecule has 0 saturated carbocycles. The minimum absolute atomic E-state index is 0.0230. The van der Waals surface area contributed by atoms with Gasteiger partial charge in [-0.1, -0.05) is 6.92 Å². The molecule has 5 nitrogen and oxygen atoms in total. The van der Waals surface area contributed by atoms with Crippen LogP contribution in [0.2, 0.25) is 0 Å². The average molecular weight is 260 g/mol. The zero-order valence-corrected chi connectivity index (χ0v) is 11.2. The highest BCUT2D eigenvalue weighted by Crippen LogP contribution is 2.17. The number of hydrogen-bond acceptors (Lipinski definition) is 5. The summed E-state index contributed by atoms with van der Waals surface area (Å²) in [4.78, 5) is 25.3. The molecule has 0 aromatic carbocycles. The lowest BCUT2D eigenvalue weighted by molar-refractivity contribution is -0.153. The first kappa shape index (κ1) is 14.3. The van der Waals surface area contributed by atoms with Crippen molar-refractivity contribution in [2.24, 2.45) is 0 Å². The zero-order chi connectivity index (χ0) is 12.7. The summed E-state index contributed by atoms with van der Waals surface area (Å²) < 4.78 is 5.00. The highest BCUT2D eigenvalue weighted by atomic mass is 32.2. The number of ether oxygens (including phenoxy) is 1. The van der Waals surface area contributed by atoms with E-state index in [1.165, 1.54) is 0 Å². The number of carbonyl (C=O) groups excluding carboxylic acids is 2.